The molecule has 3 heterocycles. The monoisotopic (exact) mass is 381 g/mol. The van der Waals surface area contributed by atoms with E-state index in [0.29, 0.717) is 4.90 Å². The molecule has 27 heavy (non-hydrogen) atoms. The highest BCUT2D eigenvalue weighted by Crippen LogP contribution is 2.46. The van der Waals surface area contributed by atoms with Crippen LogP contribution in [0.3, 0.4) is 0 Å². The average Bonchev–Trinajstić information content (AvgIpc) is 3.06. The molecule has 0 aliphatic carbocycles. The molecule has 2 aliphatic heterocycles. The minimum absolute atomic E-state index is 0.0609. The van der Waals surface area contributed by atoms with Crippen LogP contribution in [0.2, 0.25) is 0 Å². The second-order valence-corrected chi connectivity index (χ2v) is 9.32. The third kappa shape index (κ3) is 2.98. The highest BCUT2D eigenvalue weighted by Gasteiger charge is 2.40. The van der Waals surface area contributed by atoms with Gasteiger partial charge in [-0.25, -0.2) is 13.4 Å². The summed E-state index contributed by atoms with van der Waals surface area (Å²) in [4.78, 5) is 9.60. The van der Waals surface area contributed by atoms with Crippen molar-refractivity contribution in [3.05, 3.63) is 59.4 Å². The minimum Gasteiger partial charge on any atom is -0.361 e. The van der Waals surface area contributed by atoms with Gasteiger partial charge in [-0.1, -0.05) is 32.0 Å². The molecule has 2 atom stereocenters. The topological polar surface area (TPSA) is 71.4 Å². The van der Waals surface area contributed by atoms with Crippen LogP contribution in [0.1, 0.15) is 42.9 Å². The summed E-state index contributed by atoms with van der Waals surface area (Å²) in [6.45, 7) is 5.81. The van der Waals surface area contributed by atoms with Crippen molar-refractivity contribution in [3.63, 3.8) is 0 Å². The number of aromatic nitrogens is 1. The highest BCUT2D eigenvalue weighted by atomic mass is 32.2. The fourth-order valence-electron chi connectivity index (χ4n) is 3.90. The molecule has 1 aromatic carbocycles. The van der Waals surface area contributed by atoms with E-state index in [9.17, 15) is 8.42 Å². The van der Waals surface area contributed by atoms with Gasteiger partial charge in [0.2, 0.25) is 0 Å². The normalized spacial score (nSPS) is 21.0. The Hall–Kier alpha value is -2.47. The Labute approximate surface area is 160 Å². The molecule has 0 amide bonds. The molecule has 6 heteroatoms. The summed E-state index contributed by atoms with van der Waals surface area (Å²) in [5.41, 5.74) is 5.28. The number of anilines is 1. The third-order valence-corrected chi connectivity index (χ3v) is 7.08. The van der Waals surface area contributed by atoms with Gasteiger partial charge < -0.3 is 5.32 Å². The van der Waals surface area contributed by atoms with Gasteiger partial charge in [0.05, 0.1) is 16.7 Å². The summed E-state index contributed by atoms with van der Waals surface area (Å²) in [6.07, 6.45) is 4.62. The Morgan fingerprint density at radius 3 is 2.74 bits per heavy atom. The number of benzene rings is 1. The molecule has 1 N–H and O–H groups in total. The lowest BCUT2D eigenvalue weighted by Gasteiger charge is -2.27. The molecule has 140 valence electrons. The molecular weight excluding hydrogens is 358 g/mol. The van der Waals surface area contributed by atoms with Crippen LogP contribution in [0.25, 0.3) is 5.57 Å². The van der Waals surface area contributed by atoms with Crippen molar-refractivity contribution in [3.8, 4) is 0 Å². The van der Waals surface area contributed by atoms with Gasteiger partial charge in [0.1, 0.15) is 5.82 Å². The standard InChI is InChI=1S/C21H23N3O2S/c1-4-18-20-19(16-9-13(3)11-23-21(16)24-20)17(12-22-18)14-7-6-8-15(10-14)27(25,26)5-2/h6-12,19-20H,4-5H2,1-3H3,(H,23,24). The van der Waals surface area contributed by atoms with E-state index in [-0.39, 0.29) is 17.7 Å². The van der Waals surface area contributed by atoms with Crippen molar-refractivity contribution < 1.29 is 8.42 Å². The van der Waals surface area contributed by atoms with Crippen LogP contribution in [0.5, 0.6) is 0 Å². The maximum absolute atomic E-state index is 12.3. The average molecular weight is 382 g/mol. The Bertz CT molecular complexity index is 1070. The first-order valence-electron chi connectivity index (χ1n) is 9.27. The first-order chi connectivity index (χ1) is 12.9. The fourth-order valence-corrected chi connectivity index (χ4v) is 4.82. The summed E-state index contributed by atoms with van der Waals surface area (Å²) >= 11 is 0. The second kappa shape index (κ2) is 6.60. The van der Waals surface area contributed by atoms with Crippen LogP contribution in [-0.4, -0.2) is 30.9 Å². The molecule has 4 rings (SSSR count). The van der Waals surface area contributed by atoms with Crippen molar-refractivity contribution in [1.29, 1.82) is 0 Å². The van der Waals surface area contributed by atoms with Crippen molar-refractivity contribution in [2.75, 3.05) is 11.1 Å². The number of pyridine rings is 1. The summed E-state index contributed by atoms with van der Waals surface area (Å²) in [6, 6.07) is 9.44. The van der Waals surface area contributed by atoms with E-state index in [2.05, 4.69) is 28.3 Å². The number of fused-ring (bicyclic) bond motifs is 3. The summed E-state index contributed by atoms with van der Waals surface area (Å²) in [5, 5.41) is 3.52. The Balaban J connectivity index is 1.86. The van der Waals surface area contributed by atoms with E-state index in [0.717, 1.165) is 40.2 Å². The Morgan fingerprint density at radius 2 is 2.00 bits per heavy atom. The quantitative estimate of drug-likeness (QED) is 0.870. The number of aryl methyl sites for hydroxylation is 1. The second-order valence-electron chi connectivity index (χ2n) is 7.04. The zero-order valence-corrected chi connectivity index (χ0v) is 16.5. The van der Waals surface area contributed by atoms with E-state index in [1.54, 1.807) is 19.1 Å². The molecule has 1 aromatic heterocycles. The fraction of sp³-hybridized carbons (Fsp3) is 0.333. The molecule has 5 nitrogen and oxygen atoms in total. The number of rotatable bonds is 4. The molecule has 2 unspecified atom stereocenters. The van der Waals surface area contributed by atoms with E-state index in [1.807, 2.05) is 31.5 Å². The zero-order valence-electron chi connectivity index (χ0n) is 15.7. The van der Waals surface area contributed by atoms with Gasteiger partial charge >= 0.3 is 0 Å². The predicted molar refractivity (Wildman–Crippen MR) is 109 cm³/mol. The number of hydrogen-bond donors (Lipinski definition) is 1. The molecule has 0 fully saturated rings. The number of sulfone groups is 1. The van der Waals surface area contributed by atoms with Crippen LogP contribution < -0.4 is 5.32 Å². The predicted octanol–water partition coefficient (Wildman–Crippen LogP) is 3.97. The molecule has 0 saturated heterocycles. The van der Waals surface area contributed by atoms with Crippen LogP contribution in [0, 0.1) is 6.92 Å². The van der Waals surface area contributed by atoms with Crippen molar-refractivity contribution in [2.45, 2.75) is 44.0 Å². The van der Waals surface area contributed by atoms with E-state index in [1.165, 1.54) is 0 Å². The van der Waals surface area contributed by atoms with Gasteiger partial charge in [-0.05, 0) is 42.2 Å². The van der Waals surface area contributed by atoms with Gasteiger partial charge in [-0.2, -0.15) is 0 Å². The number of nitrogens with one attached hydrogen (secondary N) is 1. The van der Waals surface area contributed by atoms with Gasteiger partial charge in [-0.15, -0.1) is 0 Å². The molecule has 2 aromatic rings. The van der Waals surface area contributed by atoms with Crippen molar-refractivity contribution in [1.82, 2.24) is 4.98 Å². The molecule has 2 aliphatic rings. The molecule has 0 radical (unpaired) electrons. The highest BCUT2D eigenvalue weighted by molar-refractivity contribution is 7.91. The van der Waals surface area contributed by atoms with Crippen LogP contribution in [0.15, 0.2) is 52.6 Å². The lowest BCUT2D eigenvalue weighted by Crippen LogP contribution is -2.33. The zero-order chi connectivity index (χ0) is 19.2. The largest absolute Gasteiger partial charge is 0.361 e. The Morgan fingerprint density at radius 1 is 1.19 bits per heavy atom. The first kappa shape index (κ1) is 17.9. The lowest BCUT2D eigenvalue weighted by molar-refractivity contribution is 0.597. The summed E-state index contributed by atoms with van der Waals surface area (Å²) in [5.74, 6) is 1.06. The van der Waals surface area contributed by atoms with Crippen molar-refractivity contribution >= 4 is 26.9 Å². The smallest absolute Gasteiger partial charge is 0.178 e. The molecule has 0 saturated carbocycles. The van der Waals surface area contributed by atoms with Crippen LogP contribution >= 0.6 is 0 Å². The van der Waals surface area contributed by atoms with Gasteiger partial charge in [0.25, 0.3) is 0 Å². The van der Waals surface area contributed by atoms with E-state index < -0.39 is 9.84 Å². The van der Waals surface area contributed by atoms with Gasteiger partial charge in [0.15, 0.2) is 9.84 Å². The van der Waals surface area contributed by atoms with Crippen LogP contribution in [0.4, 0.5) is 5.82 Å². The Kier molecular flexibility index (Phi) is 4.38. The lowest BCUT2D eigenvalue weighted by atomic mass is 9.81. The summed E-state index contributed by atoms with van der Waals surface area (Å²) < 4.78 is 24.7. The van der Waals surface area contributed by atoms with E-state index >= 15 is 0 Å². The van der Waals surface area contributed by atoms with E-state index in [4.69, 9.17) is 0 Å². The van der Waals surface area contributed by atoms with Gasteiger partial charge in [-0.3, -0.25) is 4.99 Å². The van der Waals surface area contributed by atoms with Crippen molar-refractivity contribution in [2.24, 2.45) is 4.99 Å². The number of aliphatic imine (C=N–C) groups is 1. The first-order valence-corrected chi connectivity index (χ1v) is 10.9. The maximum Gasteiger partial charge on any atom is 0.178 e. The molecule has 0 spiro atoms. The number of hydrogen-bond acceptors (Lipinski definition) is 5. The molecule has 0 bridgehead atoms. The van der Waals surface area contributed by atoms with Crippen LogP contribution in [-0.2, 0) is 9.84 Å². The minimum atomic E-state index is -3.26. The van der Waals surface area contributed by atoms with Gasteiger partial charge in [0, 0.05) is 29.6 Å². The SMILES string of the molecule is CCC1=NC=C(c2cccc(S(=O)(=O)CC)c2)C2c3cc(C)cnc3NC12. The number of nitrogens with zero attached hydrogens (tertiary/aromatic N) is 2. The molecular formula is C21H23N3O2S. The summed E-state index contributed by atoms with van der Waals surface area (Å²) in [7, 11) is -3.26. The third-order valence-electron chi connectivity index (χ3n) is 5.35. The maximum atomic E-state index is 12.3.